The van der Waals surface area contributed by atoms with E-state index in [0.717, 1.165) is 5.75 Å². The molecule has 0 aliphatic heterocycles. The summed E-state index contributed by atoms with van der Waals surface area (Å²) in [5.74, 6) is -0.1000. The Morgan fingerprint density at radius 2 is 1.76 bits per heavy atom. The molecule has 0 bridgehead atoms. The van der Waals surface area contributed by atoms with Gasteiger partial charge in [-0.1, -0.05) is 0 Å². The molecule has 0 radical (unpaired) electrons. The lowest BCUT2D eigenvalue weighted by molar-refractivity contribution is -0.138. The minimum Gasteiger partial charge on any atom is -0.480 e. The summed E-state index contributed by atoms with van der Waals surface area (Å²) in [4.78, 5) is 20.0. The second-order valence-electron chi connectivity index (χ2n) is 4.08. The summed E-state index contributed by atoms with van der Waals surface area (Å²) in [6.07, 6.45) is -4.36. The van der Waals surface area contributed by atoms with Crippen LogP contribution in [0.2, 0.25) is 0 Å². The first kappa shape index (κ1) is 22.5. The van der Waals surface area contributed by atoms with E-state index in [4.69, 9.17) is 36.4 Å². The predicted molar refractivity (Wildman–Crippen MR) is 75.8 cm³/mol. The average molecular weight is 329 g/mol. The third-order valence-corrected chi connectivity index (χ3v) is 3.01. The van der Waals surface area contributed by atoms with Crippen LogP contribution in [0.4, 0.5) is 0 Å². The van der Waals surface area contributed by atoms with Gasteiger partial charge in [-0.2, -0.15) is 11.8 Å². The summed E-state index contributed by atoms with van der Waals surface area (Å²) in [5, 5.41) is 51.8. The Kier molecular flexibility index (Phi) is 13.9. The molecule has 8 N–H and O–H groups in total. The summed E-state index contributed by atoms with van der Waals surface area (Å²) in [6.45, 7) is -0.760. The first-order valence-corrected chi connectivity index (χ1v) is 7.38. The largest absolute Gasteiger partial charge is 0.480 e. The molecule has 0 spiro atoms. The van der Waals surface area contributed by atoms with E-state index >= 15 is 0 Å². The maximum Gasteiger partial charge on any atom is 0.320 e. The van der Waals surface area contributed by atoms with E-state index in [1.807, 2.05) is 6.26 Å². The molecule has 0 amide bonds. The third kappa shape index (κ3) is 10.6. The summed E-state index contributed by atoms with van der Waals surface area (Å²) in [6, 6.07) is -0.683. The van der Waals surface area contributed by atoms with Crippen molar-refractivity contribution in [3.05, 3.63) is 0 Å². The Bertz CT molecular complexity index is 293. The molecule has 0 heterocycles. The van der Waals surface area contributed by atoms with E-state index < -0.39 is 43.0 Å². The van der Waals surface area contributed by atoms with Crippen LogP contribution in [0.1, 0.15) is 6.42 Å². The maximum atomic E-state index is 10.1. The first-order valence-electron chi connectivity index (χ1n) is 5.98. The van der Waals surface area contributed by atoms with Gasteiger partial charge >= 0.3 is 5.97 Å². The molecule has 0 saturated carbocycles. The lowest BCUT2D eigenvalue weighted by Gasteiger charge is -2.22. The number of carboxylic acid groups (broad SMARTS) is 1. The number of carbonyl (C=O) groups is 2. The van der Waals surface area contributed by atoms with Crippen LogP contribution < -0.4 is 5.73 Å². The quantitative estimate of drug-likeness (QED) is 0.212. The van der Waals surface area contributed by atoms with Gasteiger partial charge in [0.25, 0.3) is 0 Å². The number of rotatable bonds is 9. The van der Waals surface area contributed by atoms with Gasteiger partial charge < -0.3 is 41.2 Å². The van der Waals surface area contributed by atoms with Gasteiger partial charge in [-0.25, -0.2) is 0 Å². The average Bonchev–Trinajstić information content (AvgIpc) is 2.49. The number of hydrogen-bond acceptors (Lipinski definition) is 9. The topological polar surface area (TPSA) is 182 Å². The number of carbonyl (C=O) groups excluding carboxylic acids is 1. The van der Waals surface area contributed by atoms with Gasteiger partial charge in [0.1, 0.15) is 30.5 Å². The van der Waals surface area contributed by atoms with Gasteiger partial charge in [0.15, 0.2) is 6.29 Å². The van der Waals surface area contributed by atoms with Crippen LogP contribution in [0.3, 0.4) is 0 Å². The summed E-state index contributed by atoms with van der Waals surface area (Å²) >= 11 is 1.60. The Morgan fingerprint density at radius 1 is 1.24 bits per heavy atom. The van der Waals surface area contributed by atoms with Crippen molar-refractivity contribution in [1.29, 1.82) is 0 Å². The summed E-state index contributed by atoms with van der Waals surface area (Å²) < 4.78 is 0. The molecule has 0 fully saturated rings. The van der Waals surface area contributed by atoms with E-state index in [1.165, 1.54) is 0 Å². The Labute approximate surface area is 126 Å². The number of hydrogen-bond donors (Lipinski definition) is 7. The normalized spacial score (nSPS) is 17.7. The van der Waals surface area contributed by atoms with Crippen LogP contribution in [-0.4, -0.2) is 92.0 Å². The van der Waals surface area contributed by atoms with Gasteiger partial charge in [0.05, 0.1) is 6.61 Å². The highest BCUT2D eigenvalue weighted by Gasteiger charge is 2.29. The molecular weight excluding hydrogens is 306 g/mol. The van der Waals surface area contributed by atoms with Gasteiger partial charge in [0.2, 0.25) is 0 Å². The zero-order chi connectivity index (χ0) is 17.0. The van der Waals surface area contributed by atoms with Crippen LogP contribution >= 0.6 is 11.8 Å². The molecule has 21 heavy (non-hydrogen) atoms. The fraction of sp³-hybridized carbons (Fsp3) is 0.818. The molecule has 5 unspecified atom stereocenters. The maximum absolute atomic E-state index is 10.1. The minimum atomic E-state index is -1.79. The zero-order valence-corrected chi connectivity index (χ0v) is 12.4. The zero-order valence-electron chi connectivity index (χ0n) is 11.6. The fourth-order valence-electron chi connectivity index (χ4n) is 0.986. The molecule has 0 saturated heterocycles. The summed E-state index contributed by atoms with van der Waals surface area (Å²) in [5.41, 5.74) is 5.19. The van der Waals surface area contributed by atoms with Gasteiger partial charge in [-0.05, 0) is 18.4 Å². The van der Waals surface area contributed by atoms with Gasteiger partial charge in [-0.15, -0.1) is 0 Å². The third-order valence-electron chi connectivity index (χ3n) is 2.37. The number of aliphatic hydroxyl groups is 5. The lowest BCUT2D eigenvalue weighted by atomic mass is 10.0. The number of thioether (sulfide) groups is 1. The van der Waals surface area contributed by atoms with Crippen LogP contribution in [0.25, 0.3) is 0 Å². The van der Waals surface area contributed by atoms with Crippen molar-refractivity contribution in [3.63, 3.8) is 0 Å². The second kappa shape index (κ2) is 13.0. The predicted octanol–water partition coefficient (Wildman–Crippen LogP) is -3.23. The number of carboxylic acids is 1. The minimum absolute atomic E-state index is 0.0258. The van der Waals surface area contributed by atoms with Crippen molar-refractivity contribution in [2.45, 2.75) is 36.9 Å². The molecule has 0 rings (SSSR count). The Hall–Kier alpha value is -0.750. The second-order valence-corrected chi connectivity index (χ2v) is 5.07. The molecule has 10 heteroatoms. The molecule has 9 nitrogen and oxygen atoms in total. The molecule has 5 atom stereocenters. The molecule has 0 aromatic heterocycles. The van der Waals surface area contributed by atoms with Crippen molar-refractivity contribution < 1.29 is 40.2 Å². The van der Waals surface area contributed by atoms with Crippen LogP contribution in [-0.2, 0) is 9.59 Å². The number of aldehydes is 1. The van der Waals surface area contributed by atoms with Crippen molar-refractivity contribution >= 4 is 24.0 Å². The van der Waals surface area contributed by atoms with E-state index in [9.17, 15) is 9.59 Å². The highest BCUT2D eigenvalue weighted by molar-refractivity contribution is 7.98. The number of aliphatic hydroxyl groups excluding tert-OH is 5. The standard InChI is InChI=1S/C6H12O6.C5H11NO2S/c7-1-3(9)5(11)6(12)4(10)2-8;1-9-3-2-4(6)5(7)8/h1,3-6,8-12H,2H2;4H,2-3,6H2,1H3,(H,7,8). The lowest BCUT2D eigenvalue weighted by Crippen LogP contribution is -2.46. The van der Waals surface area contributed by atoms with Crippen molar-refractivity contribution in [3.8, 4) is 0 Å². The monoisotopic (exact) mass is 329 g/mol. The van der Waals surface area contributed by atoms with Crippen molar-refractivity contribution in [2.24, 2.45) is 5.73 Å². The van der Waals surface area contributed by atoms with Crippen LogP contribution in [0, 0.1) is 0 Å². The van der Waals surface area contributed by atoms with E-state index in [1.54, 1.807) is 11.8 Å². The SMILES string of the molecule is CSCCC(N)C(=O)O.O=CC(O)C(O)C(O)C(O)CO. The molecule has 0 aromatic rings. The highest BCUT2D eigenvalue weighted by Crippen LogP contribution is 2.03. The number of aliphatic carboxylic acids is 1. The Balaban J connectivity index is 0. The van der Waals surface area contributed by atoms with E-state index in [2.05, 4.69) is 0 Å². The van der Waals surface area contributed by atoms with Crippen LogP contribution in [0.5, 0.6) is 0 Å². The fourth-order valence-corrected chi connectivity index (χ4v) is 1.48. The molecule has 0 aliphatic carbocycles. The molecule has 126 valence electrons. The Morgan fingerprint density at radius 3 is 2.10 bits per heavy atom. The molecule has 0 aliphatic rings. The van der Waals surface area contributed by atoms with Crippen molar-refractivity contribution in [2.75, 3.05) is 18.6 Å². The van der Waals surface area contributed by atoms with Gasteiger partial charge in [-0.3, -0.25) is 4.79 Å². The summed E-state index contributed by atoms with van der Waals surface area (Å²) in [7, 11) is 0. The van der Waals surface area contributed by atoms with Crippen LogP contribution in [0.15, 0.2) is 0 Å². The number of nitrogens with two attached hydrogens (primary N) is 1. The highest BCUT2D eigenvalue weighted by atomic mass is 32.2. The smallest absolute Gasteiger partial charge is 0.320 e. The van der Waals surface area contributed by atoms with E-state index in [0.29, 0.717) is 6.42 Å². The van der Waals surface area contributed by atoms with Gasteiger partial charge in [0, 0.05) is 0 Å². The first-order chi connectivity index (χ1) is 9.72. The van der Waals surface area contributed by atoms with Crippen molar-refractivity contribution in [1.82, 2.24) is 0 Å². The molecular formula is C11H23NO8S. The molecule has 0 aromatic carbocycles. The van der Waals surface area contributed by atoms with E-state index in [-0.39, 0.29) is 6.29 Å².